The number of fused-ring (bicyclic) bond motifs is 1. The summed E-state index contributed by atoms with van der Waals surface area (Å²) in [6.07, 6.45) is 8.61. The van der Waals surface area contributed by atoms with Crippen LogP contribution >= 0.6 is 0 Å². The van der Waals surface area contributed by atoms with E-state index < -0.39 is 0 Å². The van der Waals surface area contributed by atoms with Gasteiger partial charge in [-0.2, -0.15) is 0 Å². The van der Waals surface area contributed by atoms with Gasteiger partial charge in [-0.15, -0.1) is 0 Å². The van der Waals surface area contributed by atoms with Crippen LogP contribution in [0.3, 0.4) is 0 Å². The van der Waals surface area contributed by atoms with Crippen LogP contribution < -0.4 is 0 Å². The number of amidine groups is 1. The average molecular weight is 292 g/mol. The second kappa shape index (κ2) is 4.90. The van der Waals surface area contributed by atoms with Crippen molar-refractivity contribution in [1.29, 1.82) is 0 Å². The molecule has 0 saturated heterocycles. The summed E-state index contributed by atoms with van der Waals surface area (Å²) in [7, 11) is 2.14. The van der Waals surface area contributed by atoms with Gasteiger partial charge in [0.1, 0.15) is 6.33 Å². The molecule has 2 aliphatic rings. The molecule has 0 radical (unpaired) electrons. The van der Waals surface area contributed by atoms with E-state index in [0.29, 0.717) is 0 Å². The SMILES string of the molecule is CC1=N[C@@]2(CCc3c(cccc3-c3cncnc3)C2)CN1C. The van der Waals surface area contributed by atoms with Crippen molar-refractivity contribution in [3.8, 4) is 11.1 Å². The van der Waals surface area contributed by atoms with Gasteiger partial charge in [0.05, 0.1) is 11.4 Å². The van der Waals surface area contributed by atoms with Gasteiger partial charge < -0.3 is 4.90 Å². The first kappa shape index (κ1) is 13.4. The molecule has 1 spiro atoms. The molecule has 4 heteroatoms. The van der Waals surface area contributed by atoms with E-state index in [2.05, 4.69) is 47.0 Å². The first-order valence-corrected chi connectivity index (χ1v) is 7.81. The van der Waals surface area contributed by atoms with E-state index in [-0.39, 0.29) is 5.54 Å². The van der Waals surface area contributed by atoms with Crippen molar-refractivity contribution in [3.05, 3.63) is 48.0 Å². The van der Waals surface area contributed by atoms with Crippen molar-refractivity contribution in [2.75, 3.05) is 13.6 Å². The summed E-state index contributed by atoms with van der Waals surface area (Å²) in [5.74, 6) is 1.16. The molecule has 0 N–H and O–H groups in total. The molecule has 0 amide bonds. The summed E-state index contributed by atoms with van der Waals surface area (Å²) in [4.78, 5) is 15.6. The Morgan fingerprint density at radius 1 is 1.18 bits per heavy atom. The first-order valence-electron chi connectivity index (χ1n) is 7.81. The molecule has 1 atom stereocenters. The molecular weight excluding hydrogens is 272 g/mol. The standard InChI is InChI=1S/C18H20N4/c1-13-21-18(11-22(13)2)7-6-17-14(8-18)4-3-5-16(17)15-9-19-12-20-10-15/h3-5,9-10,12H,6-8,11H2,1-2H3/t18-/m1/s1. The summed E-state index contributed by atoms with van der Waals surface area (Å²) in [5, 5.41) is 0. The van der Waals surface area contributed by atoms with Crippen LogP contribution in [0.4, 0.5) is 0 Å². The molecule has 4 rings (SSSR count). The fourth-order valence-electron chi connectivity index (χ4n) is 3.85. The summed E-state index contributed by atoms with van der Waals surface area (Å²) in [6.45, 7) is 3.15. The Morgan fingerprint density at radius 3 is 2.73 bits per heavy atom. The lowest BCUT2D eigenvalue weighted by molar-refractivity contribution is 0.335. The zero-order valence-electron chi connectivity index (χ0n) is 13.1. The third-order valence-corrected chi connectivity index (χ3v) is 4.99. The molecule has 1 aliphatic carbocycles. The van der Waals surface area contributed by atoms with Gasteiger partial charge in [0, 0.05) is 31.5 Å². The van der Waals surface area contributed by atoms with Gasteiger partial charge in [-0.05, 0) is 42.9 Å². The maximum Gasteiger partial charge on any atom is 0.115 e. The maximum atomic E-state index is 4.98. The largest absolute Gasteiger partial charge is 0.361 e. The molecule has 112 valence electrons. The Hall–Kier alpha value is -2.23. The van der Waals surface area contributed by atoms with Crippen molar-refractivity contribution in [2.24, 2.45) is 4.99 Å². The highest BCUT2D eigenvalue weighted by Gasteiger charge is 2.39. The summed E-state index contributed by atoms with van der Waals surface area (Å²) in [6, 6.07) is 6.59. The number of aromatic nitrogens is 2. The Kier molecular flexibility index (Phi) is 2.99. The summed E-state index contributed by atoms with van der Waals surface area (Å²) < 4.78 is 0. The van der Waals surface area contributed by atoms with E-state index in [0.717, 1.165) is 37.2 Å². The predicted molar refractivity (Wildman–Crippen MR) is 88.0 cm³/mol. The number of likely N-dealkylation sites (N-methyl/N-ethyl adjacent to an activating group) is 1. The van der Waals surface area contributed by atoms with Crippen LogP contribution in [0.15, 0.2) is 41.9 Å². The molecule has 1 aliphatic heterocycles. The molecule has 1 aromatic heterocycles. The van der Waals surface area contributed by atoms with Crippen molar-refractivity contribution >= 4 is 5.84 Å². The van der Waals surface area contributed by atoms with E-state index in [1.165, 1.54) is 16.7 Å². The van der Waals surface area contributed by atoms with Crippen molar-refractivity contribution in [2.45, 2.75) is 31.7 Å². The fraction of sp³-hybridized carbons (Fsp3) is 0.389. The zero-order valence-corrected chi connectivity index (χ0v) is 13.1. The average Bonchev–Trinajstić information content (AvgIpc) is 2.81. The molecule has 2 aromatic rings. The van der Waals surface area contributed by atoms with Gasteiger partial charge in [-0.25, -0.2) is 9.97 Å². The van der Waals surface area contributed by atoms with Gasteiger partial charge in [0.25, 0.3) is 0 Å². The Bertz CT molecular complexity index is 738. The third-order valence-electron chi connectivity index (χ3n) is 4.99. The fourth-order valence-corrected chi connectivity index (χ4v) is 3.85. The van der Waals surface area contributed by atoms with E-state index in [1.54, 1.807) is 6.33 Å². The smallest absolute Gasteiger partial charge is 0.115 e. The number of aliphatic imine (C=N–C) groups is 1. The minimum atomic E-state index is 0.0810. The van der Waals surface area contributed by atoms with Gasteiger partial charge in [0.15, 0.2) is 0 Å². The van der Waals surface area contributed by atoms with E-state index >= 15 is 0 Å². The molecule has 0 saturated carbocycles. The Balaban J connectivity index is 1.74. The highest BCUT2D eigenvalue weighted by molar-refractivity contribution is 5.82. The highest BCUT2D eigenvalue weighted by Crippen LogP contribution is 2.39. The van der Waals surface area contributed by atoms with Crippen LogP contribution in [0, 0.1) is 0 Å². The Labute approximate surface area is 130 Å². The van der Waals surface area contributed by atoms with Gasteiger partial charge in [-0.3, -0.25) is 4.99 Å². The van der Waals surface area contributed by atoms with Gasteiger partial charge in [0.2, 0.25) is 0 Å². The molecule has 0 bridgehead atoms. The third kappa shape index (κ3) is 2.10. The number of hydrogen-bond acceptors (Lipinski definition) is 4. The van der Waals surface area contributed by atoms with Crippen LogP contribution in [0.5, 0.6) is 0 Å². The number of nitrogens with zero attached hydrogens (tertiary/aromatic N) is 4. The normalized spacial score (nSPS) is 23.5. The summed E-state index contributed by atoms with van der Waals surface area (Å²) in [5.41, 5.74) is 5.35. The molecule has 1 aromatic carbocycles. The van der Waals surface area contributed by atoms with E-state index in [1.807, 2.05) is 12.4 Å². The lowest BCUT2D eigenvalue weighted by atomic mass is 9.76. The maximum absolute atomic E-state index is 4.98. The zero-order chi connectivity index (χ0) is 15.2. The van der Waals surface area contributed by atoms with Crippen molar-refractivity contribution in [1.82, 2.24) is 14.9 Å². The van der Waals surface area contributed by atoms with Crippen LogP contribution in [0.1, 0.15) is 24.5 Å². The highest BCUT2D eigenvalue weighted by atomic mass is 15.2. The second-order valence-corrected chi connectivity index (χ2v) is 6.49. The number of hydrogen-bond donors (Lipinski definition) is 0. The molecule has 0 unspecified atom stereocenters. The lowest BCUT2D eigenvalue weighted by Crippen LogP contribution is -2.39. The monoisotopic (exact) mass is 292 g/mol. The molecule has 4 nitrogen and oxygen atoms in total. The first-order chi connectivity index (χ1) is 10.7. The topological polar surface area (TPSA) is 41.4 Å². The minimum Gasteiger partial charge on any atom is -0.361 e. The number of rotatable bonds is 1. The van der Waals surface area contributed by atoms with Crippen molar-refractivity contribution in [3.63, 3.8) is 0 Å². The lowest BCUT2D eigenvalue weighted by Gasteiger charge is -2.33. The van der Waals surface area contributed by atoms with Gasteiger partial charge in [-0.1, -0.05) is 18.2 Å². The summed E-state index contributed by atoms with van der Waals surface area (Å²) >= 11 is 0. The number of benzene rings is 1. The van der Waals surface area contributed by atoms with Crippen molar-refractivity contribution < 1.29 is 0 Å². The van der Waals surface area contributed by atoms with Crippen LogP contribution in [0.25, 0.3) is 11.1 Å². The van der Waals surface area contributed by atoms with Crippen LogP contribution in [0.2, 0.25) is 0 Å². The van der Waals surface area contributed by atoms with E-state index in [4.69, 9.17) is 4.99 Å². The molecule has 0 fully saturated rings. The van der Waals surface area contributed by atoms with Crippen LogP contribution in [-0.4, -0.2) is 39.8 Å². The van der Waals surface area contributed by atoms with E-state index in [9.17, 15) is 0 Å². The Morgan fingerprint density at radius 2 is 2.00 bits per heavy atom. The molecule has 22 heavy (non-hydrogen) atoms. The van der Waals surface area contributed by atoms with Gasteiger partial charge >= 0.3 is 0 Å². The predicted octanol–water partition coefficient (Wildman–Crippen LogP) is 2.73. The molecular formula is C18H20N4. The minimum absolute atomic E-state index is 0.0810. The molecule has 2 heterocycles. The van der Waals surface area contributed by atoms with Crippen LogP contribution in [-0.2, 0) is 12.8 Å². The second-order valence-electron chi connectivity index (χ2n) is 6.49. The quantitative estimate of drug-likeness (QED) is 0.811.